The molecule has 3 aromatic rings. The van der Waals surface area contributed by atoms with Gasteiger partial charge in [0.15, 0.2) is 0 Å². The van der Waals surface area contributed by atoms with E-state index in [1.807, 2.05) is 0 Å². The Morgan fingerprint density at radius 3 is 2.07 bits per heavy atom. The molecule has 46 heavy (non-hydrogen) atoms. The first kappa shape index (κ1) is 33.6. The van der Waals surface area contributed by atoms with Gasteiger partial charge in [0.05, 0.1) is 28.4 Å². The third-order valence-corrected chi connectivity index (χ3v) is 9.08. The Balaban J connectivity index is 1.55. The fraction of sp³-hybridized carbons (Fsp3) is 0.455. The van der Waals surface area contributed by atoms with Crippen molar-refractivity contribution in [2.75, 3.05) is 63.2 Å². The van der Waals surface area contributed by atoms with Gasteiger partial charge in [0.1, 0.15) is 11.6 Å². The number of fused-ring (bicyclic) bond motifs is 1. The van der Waals surface area contributed by atoms with Gasteiger partial charge in [-0.25, -0.2) is 9.37 Å². The maximum Gasteiger partial charge on any atom is 0.416 e. The number of aryl methyl sites for hydroxylation is 1. The Labute approximate surface area is 263 Å². The third-order valence-electron chi connectivity index (χ3n) is 9.08. The fourth-order valence-corrected chi connectivity index (χ4v) is 6.31. The van der Waals surface area contributed by atoms with Crippen molar-refractivity contribution in [2.45, 2.75) is 44.6 Å². The van der Waals surface area contributed by atoms with Crippen LogP contribution in [0.1, 0.15) is 36.1 Å². The minimum Gasteiger partial charge on any atom is -0.354 e. The van der Waals surface area contributed by atoms with Crippen molar-refractivity contribution in [2.24, 2.45) is 0 Å². The van der Waals surface area contributed by atoms with Crippen molar-refractivity contribution in [3.8, 4) is 11.1 Å². The molecule has 13 heteroatoms. The number of nitrogens with zero attached hydrogens (tertiary/aromatic N) is 5. The highest BCUT2D eigenvalue weighted by molar-refractivity contribution is 6.03. The van der Waals surface area contributed by atoms with E-state index in [1.54, 1.807) is 19.1 Å². The van der Waals surface area contributed by atoms with E-state index in [1.165, 1.54) is 44.1 Å². The molecule has 5 rings (SSSR count). The number of amides is 1. The summed E-state index contributed by atoms with van der Waals surface area (Å²) >= 11 is 0. The van der Waals surface area contributed by atoms with Crippen LogP contribution in [0.15, 0.2) is 48.7 Å². The zero-order valence-electron chi connectivity index (χ0n) is 26.2. The average molecular weight is 652 g/mol. The maximum absolute atomic E-state index is 14.1. The molecule has 0 unspecified atom stereocenters. The molecule has 2 saturated heterocycles. The number of hydrogen-bond acceptors (Lipinski definition) is 5. The highest BCUT2D eigenvalue weighted by Crippen LogP contribution is 2.41. The van der Waals surface area contributed by atoms with Crippen molar-refractivity contribution in [1.82, 2.24) is 14.8 Å². The van der Waals surface area contributed by atoms with Crippen LogP contribution >= 0.6 is 0 Å². The molecule has 0 bridgehead atoms. The predicted octanol–water partition coefficient (Wildman–Crippen LogP) is 6.61. The van der Waals surface area contributed by atoms with Gasteiger partial charge in [-0.05, 0) is 80.9 Å². The summed E-state index contributed by atoms with van der Waals surface area (Å²) in [5.41, 5.74) is -3.28. The van der Waals surface area contributed by atoms with Crippen LogP contribution in [0.3, 0.4) is 0 Å². The molecule has 248 valence electrons. The summed E-state index contributed by atoms with van der Waals surface area (Å²) in [5.74, 6) is -0.567. The largest absolute Gasteiger partial charge is 0.416 e. The van der Waals surface area contributed by atoms with Crippen molar-refractivity contribution in [3.63, 3.8) is 0 Å². The van der Waals surface area contributed by atoms with Crippen LogP contribution in [-0.4, -0.2) is 80.1 Å². The second kappa shape index (κ2) is 12.1. The molecule has 0 saturated carbocycles. The van der Waals surface area contributed by atoms with Gasteiger partial charge in [0.25, 0.3) is 0 Å². The number of carbonyl (C=O) groups excluding carboxylic acids is 1. The summed E-state index contributed by atoms with van der Waals surface area (Å²) in [5, 5.41) is 0. The Bertz CT molecular complexity index is 1590. The standard InChI is InChI=1S/C33H36F7N5O/c1-20-12-24(34)6-7-26(20)27-16-29(45-11-10-44-9-8-42(4)18-25(44)19-45)41-17-28(27)43(5)30(46)31(2,3)21-13-22(32(35,36)37)15-23(14-21)33(38,39)40/h6-7,12-17,25H,8-11,18-19H2,1-5H3/t25-/m1/s1. The predicted molar refractivity (Wildman–Crippen MR) is 162 cm³/mol. The SMILES string of the molecule is Cc1cc(F)ccc1-c1cc(N2CCN3CCN(C)C[C@@H]3C2)ncc1N(C)C(=O)C(C)(C)c1cc(C(F)(F)F)cc(C(F)(F)F)c1. The number of aromatic nitrogens is 1. The Morgan fingerprint density at radius 1 is 0.848 bits per heavy atom. The van der Waals surface area contributed by atoms with E-state index in [2.05, 4.69) is 26.7 Å². The minimum atomic E-state index is -5.06. The number of alkyl halides is 6. The molecular formula is C33H36F7N5O. The van der Waals surface area contributed by atoms with Crippen molar-refractivity contribution >= 4 is 17.4 Å². The van der Waals surface area contributed by atoms with Gasteiger partial charge < -0.3 is 14.7 Å². The van der Waals surface area contributed by atoms with E-state index < -0.39 is 46.2 Å². The van der Waals surface area contributed by atoms with E-state index in [0.717, 1.165) is 32.7 Å². The lowest BCUT2D eigenvalue weighted by Gasteiger charge is -2.47. The molecule has 0 spiro atoms. The summed E-state index contributed by atoms with van der Waals surface area (Å²) < 4.78 is 96.0. The normalized spacial score (nSPS) is 18.4. The van der Waals surface area contributed by atoms with Gasteiger partial charge in [-0.2, -0.15) is 26.3 Å². The lowest BCUT2D eigenvalue weighted by atomic mass is 9.81. The highest BCUT2D eigenvalue weighted by atomic mass is 19.4. The maximum atomic E-state index is 14.1. The van der Waals surface area contributed by atoms with Gasteiger partial charge in [-0.15, -0.1) is 0 Å². The molecule has 3 heterocycles. The van der Waals surface area contributed by atoms with Crippen LogP contribution in [0, 0.1) is 12.7 Å². The van der Waals surface area contributed by atoms with E-state index in [-0.39, 0.29) is 11.8 Å². The number of anilines is 2. The van der Waals surface area contributed by atoms with Crippen LogP contribution in [0.5, 0.6) is 0 Å². The van der Waals surface area contributed by atoms with Crippen LogP contribution < -0.4 is 9.80 Å². The summed E-state index contributed by atoms with van der Waals surface area (Å²) in [7, 11) is 3.48. The first-order chi connectivity index (χ1) is 21.4. The molecule has 1 atom stereocenters. The number of benzene rings is 2. The number of carbonyl (C=O) groups is 1. The van der Waals surface area contributed by atoms with Crippen LogP contribution in [0.25, 0.3) is 11.1 Å². The highest BCUT2D eigenvalue weighted by Gasteiger charge is 2.41. The third kappa shape index (κ3) is 6.71. The molecule has 2 fully saturated rings. The van der Waals surface area contributed by atoms with Crippen LogP contribution in [0.4, 0.5) is 42.2 Å². The van der Waals surface area contributed by atoms with Gasteiger partial charge in [-0.3, -0.25) is 9.69 Å². The van der Waals surface area contributed by atoms with Crippen molar-refractivity contribution in [1.29, 1.82) is 0 Å². The molecule has 2 aromatic carbocycles. The van der Waals surface area contributed by atoms with Gasteiger partial charge in [0, 0.05) is 57.9 Å². The molecule has 0 aliphatic carbocycles. The number of hydrogen-bond donors (Lipinski definition) is 0. The number of likely N-dealkylation sites (N-methyl/N-ethyl adjacent to an activating group) is 2. The quantitative estimate of drug-likeness (QED) is 0.291. The summed E-state index contributed by atoms with van der Waals surface area (Å²) in [6.07, 6.45) is -8.65. The van der Waals surface area contributed by atoms with Crippen molar-refractivity contribution < 1.29 is 35.5 Å². The molecule has 1 aromatic heterocycles. The van der Waals surface area contributed by atoms with E-state index in [4.69, 9.17) is 0 Å². The first-order valence-corrected chi connectivity index (χ1v) is 14.9. The summed E-state index contributed by atoms with van der Waals surface area (Å²) in [6.45, 7) is 9.43. The fourth-order valence-electron chi connectivity index (χ4n) is 6.31. The number of rotatable bonds is 5. The molecule has 6 nitrogen and oxygen atoms in total. The second-order valence-corrected chi connectivity index (χ2v) is 12.7. The topological polar surface area (TPSA) is 42.9 Å². The molecule has 0 N–H and O–H groups in total. The number of pyridine rings is 1. The minimum absolute atomic E-state index is 0.0387. The lowest BCUT2D eigenvalue weighted by molar-refractivity contribution is -0.143. The molecule has 0 radical (unpaired) electrons. The summed E-state index contributed by atoms with van der Waals surface area (Å²) in [6, 6.07) is 7.51. The zero-order valence-corrected chi connectivity index (χ0v) is 26.2. The van der Waals surface area contributed by atoms with E-state index in [9.17, 15) is 35.5 Å². The molecule has 2 aliphatic heterocycles. The van der Waals surface area contributed by atoms with E-state index in [0.29, 0.717) is 47.2 Å². The summed E-state index contributed by atoms with van der Waals surface area (Å²) in [4.78, 5) is 26.8. The van der Waals surface area contributed by atoms with Gasteiger partial charge in [-0.1, -0.05) is 6.07 Å². The average Bonchev–Trinajstić information content (AvgIpc) is 2.98. The zero-order chi connectivity index (χ0) is 33.8. The number of piperazine rings is 2. The monoisotopic (exact) mass is 651 g/mol. The van der Waals surface area contributed by atoms with Gasteiger partial charge in [0.2, 0.25) is 5.91 Å². The smallest absolute Gasteiger partial charge is 0.354 e. The van der Waals surface area contributed by atoms with Crippen LogP contribution in [-0.2, 0) is 22.6 Å². The Kier molecular flexibility index (Phi) is 8.88. The number of halogens is 7. The Morgan fingerprint density at radius 2 is 1.46 bits per heavy atom. The lowest BCUT2D eigenvalue weighted by Crippen LogP contribution is -2.61. The van der Waals surface area contributed by atoms with E-state index >= 15 is 0 Å². The first-order valence-electron chi connectivity index (χ1n) is 14.9. The molecular weight excluding hydrogens is 615 g/mol. The Hall–Kier alpha value is -3.71. The second-order valence-electron chi connectivity index (χ2n) is 12.7. The van der Waals surface area contributed by atoms with Crippen molar-refractivity contribution in [3.05, 3.63) is 76.7 Å². The van der Waals surface area contributed by atoms with Crippen LogP contribution in [0.2, 0.25) is 0 Å². The molecule has 2 aliphatic rings. The van der Waals surface area contributed by atoms with Gasteiger partial charge >= 0.3 is 12.4 Å². The molecule has 1 amide bonds.